The molecule has 1 aliphatic rings. The number of nitrogens with one attached hydrogen (secondary N) is 2. The Morgan fingerprint density at radius 3 is 2.57 bits per heavy atom. The molecule has 1 aromatic carbocycles. The van der Waals surface area contributed by atoms with Crippen molar-refractivity contribution in [2.45, 2.75) is 39.2 Å². The molecule has 3 rings (SSSR count). The fourth-order valence-electron chi connectivity index (χ4n) is 2.97. The first-order chi connectivity index (χ1) is 13.6. The molecule has 150 valence electrons. The highest BCUT2D eigenvalue weighted by Gasteiger charge is 2.16. The molecule has 0 spiro atoms. The molecular weight excluding hydrogens is 380 g/mol. The molecule has 0 aliphatic heterocycles. The molecule has 8 nitrogen and oxygen atoms in total. The van der Waals surface area contributed by atoms with E-state index < -0.39 is 5.97 Å². The Hall–Kier alpha value is -2.81. The lowest BCUT2D eigenvalue weighted by molar-refractivity contribution is -0.145. The zero-order chi connectivity index (χ0) is 19.9. The normalized spacial score (nSPS) is 13.5. The van der Waals surface area contributed by atoms with Gasteiger partial charge in [-0.2, -0.15) is 10.5 Å². The molecule has 2 N–H and O–H groups in total. The zero-order valence-electron chi connectivity index (χ0n) is 16.2. The molecule has 0 radical (unpaired) electrons. The van der Waals surface area contributed by atoms with Crippen molar-refractivity contribution in [1.29, 1.82) is 0 Å². The maximum absolute atomic E-state index is 11.2. The molecule has 0 atom stereocenters. The van der Waals surface area contributed by atoms with E-state index in [0.717, 1.165) is 30.5 Å². The van der Waals surface area contributed by atoms with Gasteiger partial charge >= 0.3 is 5.97 Å². The van der Waals surface area contributed by atoms with Gasteiger partial charge in [-0.05, 0) is 37.8 Å². The van der Waals surface area contributed by atoms with Crippen molar-refractivity contribution in [3.05, 3.63) is 34.3 Å². The zero-order valence-corrected chi connectivity index (χ0v) is 17.0. The summed E-state index contributed by atoms with van der Waals surface area (Å²) in [4.78, 5) is 26.5. The van der Waals surface area contributed by atoms with E-state index in [4.69, 9.17) is 14.3 Å². The number of hydrogen-bond donors (Lipinski definition) is 2. The van der Waals surface area contributed by atoms with Crippen LogP contribution in [0.25, 0.3) is 0 Å². The van der Waals surface area contributed by atoms with E-state index in [1.807, 2.05) is 18.2 Å². The molecule has 1 heterocycles. The standard InChI is InChI=1S/C19H24N4O4S/c1-12(24)27-23-18(22-19-21-14-7-4-5-10-17(14)28-19)20-11-13-15(25-2)8-6-9-16(13)26-3/h6,8-9H,4-5,7,10-11H2,1-3H3,(H2,20,21,22,23). The summed E-state index contributed by atoms with van der Waals surface area (Å²) in [6.07, 6.45) is 4.37. The predicted octanol–water partition coefficient (Wildman–Crippen LogP) is 2.88. The summed E-state index contributed by atoms with van der Waals surface area (Å²) >= 11 is 1.57. The first-order valence-electron chi connectivity index (χ1n) is 9.05. The molecule has 2 aromatic rings. The lowest BCUT2D eigenvalue weighted by atomic mass is 10.0. The second-order valence-corrected chi connectivity index (χ2v) is 7.29. The van der Waals surface area contributed by atoms with Gasteiger partial charge in [-0.25, -0.2) is 4.98 Å². The monoisotopic (exact) mass is 404 g/mol. The Bertz CT molecular complexity index is 820. The van der Waals surface area contributed by atoms with E-state index in [2.05, 4.69) is 20.8 Å². The van der Waals surface area contributed by atoms with Crippen LogP contribution in [0.15, 0.2) is 23.2 Å². The molecule has 0 fully saturated rings. The number of benzene rings is 1. The van der Waals surface area contributed by atoms with Crippen molar-refractivity contribution in [2.24, 2.45) is 4.99 Å². The van der Waals surface area contributed by atoms with Gasteiger partial charge in [-0.1, -0.05) is 17.4 Å². The van der Waals surface area contributed by atoms with Gasteiger partial charge in [0.05, 0.1) is 32.0 Å². The fourth-order valence-corrected chi connectivity index (χ4v) is 4.00. The third-order valence-electron chi connectivity index (χ3n) is 4.30. The number of guanidine groups is 1. The Labute approximate surface area is 167 Å². The lowest BCUT2D eigenvalue weighted by Crippen LogP contribution is -2.37. The number of ether oxygens (including phenoxy) is 2. The minimum Gasteiger partial charge on any atom is -0.496 e. The van der Waals surface area contributed by atoms with Crippen molar-refractivity contribution in [2.75, 3.05) is 14.2 Å². The van der Waals surface area contributed by atoms with Crippen LogP contribution in [0.1, 0.15) is 35.9 Å². The number of aliphatic imine (C=N–C) groups is 1. The number of nitrogens with zero attached hydrogens (tertiary/aromatic N) is 2. The number of carbonyl (C=O) groups is 1. The van der Waals surface area contributed by atoms with Gasteiger partial charge in [0.2, 0.25) is 11.1 Å². The Morgan fingerprint density at radius 1 is 1.21 bits per heavy atom. The van der Waals surface area contributed by atoms with Crippen LogP contribution in [0.2, 0.25) is 0 Å². The minimum absolute atomic E-state index is 0.286. The number of rotatable bonds is 5. The van der Waals surface area contributed by atoms with E-state index >= 15 is 0 Å². The third-order valence-corrected chi connectivity index (χ3v) is 5.35. The highest BCUT2D eigenvalue weighted by molar-refractivity contribution is 7.15. The first kappa shape index (κ1) is 19.9. The second kappa shape index (κ2) is 9.41. The second-order valence-electron chi connectivity index (χ2n) is 6.22. The quantitative estimate of drug-likeness (QED) is 0.449. The van der Waals surface area contributed by atoms with Crippen molar-refractivity contribution in [3.8, 4) is 11.5 Å². The van der Waals surface area contributed by atoms with Crippen LogP contribution in [-0.2, 0) is 29.0 Å². The summed E-state index contributed by atoms with van der Waals surface area (Å²) in [5, 5.41) is 3.76. The SMILES string of the molecule is COc1cccc(OC)c1CNC(=Nc1nc2c(s1)CCCC2)NOC(C)=O. The molecule has 9 heteroatoms. The third kappa shape index (κ3) is 4.92. The van der Waals surface area contributed by atoms with Crippen LogP contribution in [0.5, 0.6) is 11.5 Å². The number of carbonyl (C=O) groups excluding carboxylic acids is 1. The number of aromatic nitrogens is 1. The number of thiazole rings is 1. The van der Waals surface area contributed by atoms with E-state index in [1.165, 1.54) is 18.2 Å². The van der Waals surface area contributed by atoms with Gasteiger partial charge < -0.3 is 19.6 Å². The van der Waals surface area contributed by atoms with Gasteiger partial charge in [-0.3, -0.25) is 4.79 Å². The topological polar surface area (TPSA) is 94.1 Å². The Morgan fingerprint density at radius 2 is 1.93 bits per heavy atom. The lowest BCUT2D eigenvalue weighted by Gasteiger charge is -2.15. The smallest absolute Gasteiger partial charge is 0.329 e. The van der Waals surface area contributed by atoms with Crippen LogP contribution in [0.3, 0.4) is 0 Å². The van der Waals surface area contributed by atoms with Crippen LogP contribution >= 0.6 is 11.3 Å². The highest BCUT2D eigenvalue weighted by atomic mass is 32.1. The molecule has 1 aromatic heterocycles. The highest BCUT2D eigenvalue weighted by Crippen LogP contribution is 2.31. The Balaban J connectivity index is 1.81. The molecule has 28 heavy (non-hydrogen) atoms. The molecule has 1 aliphatic carbocycles. The van der Waals surface area contributed by atoms with Crippen molar-refractivity contribution in [3.63, 3.8) is 0 Å². The van der Waals surface area contributed by atoms with E-state index in [0.29, 0.717) is 23.2 Å². The molecule has 0 bridgehead atoms. The molecular formula is C19H24N4O4S. The number of aryl methyl sites for hydroxylation is 2. The van der Waals surface area contributed by atoms with E-state index in [1.54, 1.807) is 25.6 Å². The summed E-state index contributed by atoms with van der Waals surface area (Å²) in [6.45, 7) is 1.67. The summed E-state index contributed by atoms with van der Waals surface area (Å²) < 4.78 is 10.8. The average molecular weight is 404 g/mol. The molecule has 0 amide bonds. The van der Waals surface area contributed by atoms with Gasteiger partial charge in [0.25, 0.3) is 0 Å². The number of methoxy groups -OCH3 is 2. The minimum atomic E-state index is -0.470. The molecule has 0 unspecified atom stereocenters. The van der Waals surface area contributed by atoms with Gasteiger partial charge in [0, 0.05) is 11.8 Å². The van der Waals surface area contributed by atoms with Crippen LogP contribution < -0.4 is 20.3 Å². The van der Waals surface area contributed by atoms with Crippen LogP contribution in [0, 0.1) is 0 Å². The van der Waals surface area contributed by atoms with Crippen LogP contribution in [-0.4, -0.2) is 31.1 Å². The summed E-state index contributed by atoms with van der Waals surface area (Å²) in [6, 6.07) is 5.56. The van der Waals surface area contributed by atoms with Gasteiger partial charge in [0.15, 0.2) is 0 Å². The largest absolute Gasteiger partial charge is 0.496 e. The maximum Gasteiger partial charge on any atom is 0.329 e. The van der Waals surface area contributed by atoms with E-state index in [9.17, 15) is 4.79 Å². The van der Waals surface area contributed by atoms with Crippen molar-refractivity contribution in [1.82, 2.24) is 15.8 Å². The van der Waals surface area contributed by atoms with Crippen LogP contribution in [0.4, 0.5) is 5.13 Å². The molecule has 0 saturated heterocycles. The predicted molar refractivity (Wildman–Crippen MR) is 107 cm³/mol. The molecule has 0 saturated carbocycles. The first-order valence-corrected chi connectivity index (χ1v) is 9.86. The summed E-state index contributed by atoms with van der Waals surface area (Å²) in [5.41, 5.74) is 4.51. The fraction of sp³-hybridized carbons (Fsp3) is 0.421. The van der Waals surface area contributed by atoms with Crippen molar-refractivity contribution >= 4 is 28.4 Å². The average Bonchev–Trinajstić information content (AvgIpc) is 3.11. The Kier molecular flexibility index (Phi) is 6.70. The van der Waals surface area contributed by atoms with E-state index in [-0.39, 0.29) is 5.96 Å². The summed E-state index contributed by atoms with van der Waals surface area (Å²) in [5.74, 6) is 1.18. The maximum atomic E-state index is 11.2. The number of hydroxylamine groups is 1. The van der Waals surface area contributed by atoms with Crippen molar-refractivity contribution < 1.29 is 19.1 Å². The van der Waals surface area contributed by atoms with Gasteiger partial charge in [-0.15, -0.1) is 0 Å². The van der Waals surface area contributed by atoms with Gasteiger partial charge in [0.1, 0.15) is 11.5 Å². The summed E-state index contributed by atoms with van der Waals surface area (Å²) in [7, 11) is 3.20. The number of fused-ring (bicyclic) bond motifs is 1. The number of hydrogen-bond acceptors (Lipinski definition) is 7.